The van der Waals surface area contributed by atoms with E-state index in [1.165, 1.54) is 0 Å². The zero-order valence-corrected chi connectivity index (χ0v) is 11.3. The summed E-state index contributed by atoms with van der Waals surface area (Å²) in [5.74, 6) is 1.87. The van der Waals surface area contributed by atoms with Crippen LogP contribution < -0.4 is 5.32 Å². The van der Waals surface area contributed by atoms with Gasteiger partial charge in [-0.15, -0.1) is 0 Å². The van der Waals surface area contributed by atoms with Gasteiger partial charge in [-0.25, -0.2) is 0 Å². The molecule has 5 heteroatoms. The van der Waals surface area contributed by atoms with Crippen LogP contribution in [0.3, 0.4) is 0 Å². The third kappa shape index (κ3) is 3.53. The van der Waals surface area contributed by atoms with Crippen molar-refractivity contribution >= 4 is 0 Å². The van der Waals surface area contributed by atoms with Crippen molar-refractivity contribution in [2.75, 3.05) is 20.3 Å². The highest BCUT2D eigenvalue weighted by Gasteiger charge is 2.22. The number of hydrogen-bond donors (Lipinski definition) is 1. The summed E-state index contributed by atoms with van der Waals surface area (Å²) in [4.78, 5) is 4.51. The first-order chi connectivity index (χ1) is 8.83. The number of rotatable bonds is 6. The Labute approximate surface area is 108 Å². The van der Waals surface area contributed by atoms with Gasteiger partial charge >= 0.3 is 0 Å². The first kappa shape index (κ1) is 13.5. The second kappa shape index (κ2) is 6.85. The number of aromatic nitrogens is 2. The minimum Gasteiger partial charge on any atom is -0.381 e. The summed E-state index contributed by atoms with van der Waals surface area (Å²) in [6.07, 6.45) is 5.28. The molecule has 18 heavy (non-hydrogen) atoms. The molecule has 2 unspecified atom stereocenters. The Morgan fingerprint density at radius 3 is 3.06 bits per heavy atom. The summed E-state index contributed by atoms with van der Waals surface area (Å²) < 4.78 is 10.8. The molecule has 5 nitrogen and oxygen atoms in total. The summed E-state index contributed by atoms with van der Waals surface area (Å²) >= 11 is 0. The molecular formula is C13H23N3O2. The molecule has 1 aromatic heterocycles. The SMILES string of the molecule is CCCC(Cc1nc(C2CCCOC2)no1)NC. The summed E-state index contributed by atoms with van der Waals surface area (Å²) in [7, 11) is 1.98. The highest BCUT2D eigenvalue weighted by Crippen LogP contribution is 2.23. The molecule has 2 heterocycles. The Balaban J connectivity index is 1.92. The third-order valence-electron chi connectivity index (χ3n) is 3.48. The van der Waals surface area contributed by atoms with Gasteiger partial charge < -0.3 is 14.6 Å². The maximum absolute atomic E-state index is 5.45. The van der Waals surface area contributed by atoms with Crippen molar-refractivity contribution in [3.63, 3.8) is 0 Å². The van der Waals surface area contributed by atoms with Crippen LogP contribution in [0.5, 0.6) is 0 Å². The maximum atomic E-state index is 5.45. The van der Waals surface area contributed by atoms with Gasteiger partial charge in [0.05, 0.1) is 6.61 Å². The van der Waals surface area contributed by atoms with Gasteiger partial charge in [-0.2, -0.15) is 4.98 Å². The van der Waals surface area contributed by atoms with E-state index in [4.69, 9.17) is 9.26 Å². The fourth-order valence-corrected chi connectivity index (χ4v) is 2.37. The van der Waals surface area contributed by atoms with Gasteiger partial charge in [-0.1, -0.05) is 18.5 Å². The highest BCUT2D eigenvalue weighted by atomic mass is 16.5. The lowest BCUT2D eigenvalue weighted by atomic mass is 10.0. The molecule has 2 atom stereocenters. The number of likely N-dealkylation sites (N-methyl/N-ethyl adjacent to an activating group) is 1. The fraction of sp³-hybridized carbons (Fsp3) is 0.846. The molecule has 0 spiro atoms. The highest BCUT2D eigenvalue weighted by molar-refractivity contribution is 4.97. The molecule has 1 fully saturated rings. The number of nitrogens with one attached hydrogen (secondary N) is 1. The summed E-state index contributed by atoms with van der Waals surface area (Å²) in [5, 5.41) is 7.38. The normalized spacial score (nSPS) is 22.0. The van der Waals surface area contributed by atoms with E-state index >= 15 is 0 Å². The average Bonchev–Trinajstić information content (AvgIpc) is 2.88. The molecular weight excluding hydrogens is 230 g/mol. The second-order valence-electron chi connectivity index (χ2n) is 4.94. The second-order valence-corrected chi connectivity index (χ2v) is 4.94. The molecule has 2 rings (SSSR count). The van der Waals surface area contributed by atoms with Crippen molar-refractivity contribution in [1.29, 1.82) is 0 Å². The maximum Gasteiger partial charge on any atom is 0.228 e. The van der Waals surface area contributed by atoms with Crippen molar-refractivity contribution in [3.05, 3.63) is 11.7 Å². The van der Waals surface area contributed by atoms with Gasteiger partial charge in [0.15, 0.2) is 5.82 Å². The van der Waals surface area contributed by atoms with Crippen molar-refractivity contribution in [2.24, 2.45) is 0 Å². The topological polar surface area (TPSA) is 60.2 Å². The van der Waals surface area contributed by atoms with E-state index in [1.54, 1.807) is 0 Å². The molecule has 1 aliphatic rings. The van der Waals surface area contributed by atoms with E-state index in [9.17, 15) is 0 Å². The van der Waals surface area contributed by atoms with Gasteiger partial charge in [-0.3, -0.25) is 0 Å². The van der Waals surface area contributed by atoms with Crippen LogP contribution in [0.25, 0.3) is 0 Å². The van der Waals surface area contributed by atoms with E-state index in [2.05, 4.69) is 22.4 Å². The van der Waals surface area contributed by atoms with E-state index in [0.29, 0.717) is 12.0 Å². The number of hydrogen-bond acceptors (Lipinski definition) is 5. The summed E-state index contributed by atoms with van der Waals surface area (Å²) in [6, 6.07) is 0.422. The summed E-state index contributed by atoms with van der Waals surface area (Å²) in [6.45, 7) is 3.77. The van der Waals surface area contributed by atoms with E-state index in [0.717, 1.165) is 57.0 Å². The lowest BCUT2D eigenvalue weighted by Crippen LogP contribution is -2.27. The van der Waals surface area contributed by atoms with Crippen LogP contribution in [0.1, 0.15) is 50.2 Å². The van der Waals surface area contributed by atoms with E-state index in [-0.39, 0.29) is 0 Å². The van der Waals surface area contributed by atoms with Crippen molar-refractivity contribution in [1.82, 2.24) is 15.5 Å². The van der Waals surface area contributed by atoms with Crippen LogP contribution >= 0.6 is 0 Å². The first-order valence-electron chi connectivity index (χ1n) is 6.91. The van der Waals surface area contributed by atoms with Crippen molar-refractivity contribution in [2.45, 2.75) is 51.0 Å². The lowest BCUT2D eigenvalue weighted by molar-refractivity contribution is 0.0773. The van der Waals surface area contributed by atoms with Crippen LogP contribution in [-0.4, -0.2) is 36.4 Å². The minimum atomic E-state index is 0.315. The molecule has 0 aliphatic carbocycles. The van der Waals surface area contributed by atoms with Crippen LogP contribution in [0, 0.1) is 0 Å². The monoisotopic (exact) mass is 253 g/mol. The summed E-state index contributed by atoms with van der Waals surface area (Å²) in [5.41, 5.74) is 0. The van der Waals surface area contributed by atoms with Gasteiger partial charge in [-0.05, 0) is 26.3 Å². The first-order valence-corrected chi connectivity index (χ1v) is 6.91. The molecule has 0 bridgehead atoms. The van der Waals surface area contributed by atoms with Crippen LogP contribution in [-0.2, 0) is 11.2 Å². The molecule has 1 saturated heterocycles. The van der Waals surface area contributed by atoms with Crippen LogP contribution in [0.2, 0.25) is 0 Å². The molecule has 1 aromatic rings. The molecule has 0 amide bonds. The lowest BCUT2D eigenvalue weighted by Gasteiger charge is -2.18. The standard InChI is InChI=1S/C13H23N3O2/c1-3-5-11(14-2)8-12-15-13(16-18-12)10-6-4-7-17-9-10/h10-11,14H,3-9H2,1-2H3. The molecule has 1 aliphatic heterocycles. The predicted octanol–water partition coefficient (Wildman–Crippen LogP) is 1.89. The number of nitrogens with zero attached hydrogens (tertiary/aromatic N) is 2. The third-order valence-corrected chi connectivity index (χ3v) is 3.48. The van der Waals surface area contributed by atoms with E-state index < -0.39 is 0 Å². The van der Waals surface area contributed by atoms with Gasteiger partial charge in [0, 0.05) is 25.0 Å². The molecule has 1 N–H and O–H groups in total. The van der Waals surface area contributed by atoms with Crippen molar-refractivity contribution < 1.29 is 9.26 Å². The Bertz CT molecular complexity index is 348. The van der Waals surface area contributed by atoms with Crippen molar-refractivity contribution in [3.8, 4) is 0 Å². The predicted molar refractivity (Wildman–Crippen MR) is 68.6 cm³/mol. The van der Waals surface area contributed by atoms with Crippen LogP contribution in [0.15, 0.2) is 4.52 Å². The smallest absolute Gasteiger partial charge is 0.228 e. The zero-order valence-electron chi connectivity index (χ0n) is 11.3. The molecule has 102 valence electrons. The Kier molecular flexibility index (Phi) is 5.13. The van der Waals surface area contributed by atoms with Gasteiger partial charge in [0.2, 0.25) is 5.89 Å². The quantitative estimate of drug-likeness (QED) is 0.839. The molecule has 0 radical (unpaired) electrons. The van der Waals surface area contributed by atoms with Crippen LogP contribution in [0.4, 0.5) is 0 Å². The van der Waals surface area contributed by atoms with Gasteiger partial charge in [0.25, 0.3) is 0 Å². The zero-order chi connectivity index (χ0) is 12.8. The van der Waals surface area contributed by atoms with Gasteiger partial charge in [0.1, 0.15) is 0 Å². The number of ether oxygens (including phenoxy) is 1. The Morgan fingerprint density at radius 1 is 1.50 bits per heavy atom. The minimum absolute atomic E-state index is 0.315. The average molecular weight is 253 g/mol. The Morgan fingerprint density at radius 2 is 2.39 bits per heavy atom. The molecule has 0 aromatic carbocycles. The Hall–Kier alpha value is -0.940. The largest absolute Gasteiger partial charge is 0.381 e. The van der Waals surface area contributed by atoms with E-state index in [1.807, 2.05) is 7.05 Å². The molecule has 0 saturated carbocycles. The fourth-order valence-electron chi connectivity index (χ4n) is 2.37.